The van der Waals surface area contributed by atoms with Crippen molar-refractivity contribution in [2.24, 2.45) is 0 Å². The number of carboxylic acid groups (broad SMARTS) is 1. The number of hydrogen-bond donors (Lipinski definition) is 1. The average molecular weight is 273 g/mol. The molecule has 0 radical (unpaired) electrons. The number of hydrogen-bond acceptors (Lipinski definition) is 2. The molecular weight excluding hydrogens is 263 g/mol. The third-order valence-corrected chi connectivity index (χ3v) is 2.11. The maximum atomic E-state index is 10.4. The van der Waals surface area contributed by atoms with Gasteiger partial charge in [-0.3, -0.25) is 0 Å². The van der Waals surface area contributed by atoms with Gasteiger partial charge in [0, 0.05) is 21.7 Å². The minimum absolute atomic E-state index is 0.150. The molecule has 1 aromatic rings. The second-order valence-electron chi connectivity index (χ2n) is 3.16. The molecule has 0 bridgehead atoms. The summed E-state index contributed by atoms with van der Waals surface area (Å²) in [5, 5.41) is 9.40. The van der Waals surface area contributed by atoms with Crippen LogP contribution < -0.4 is 4.74 Å². The summed E-state index contributed by atoms with van der Waals surface area (Å²) in [5.74, 6) is -0.550. The van der Waals surface area contributed by atoms with Crippen molar-refractivity contribution in [3.8, 4) is 5.75 Å². The summed E-state index contributed by atoms with van der Waals surface area (Å²) < 4.78 is 5.35. The van der Waals surface area contributed by atoms with Crippen molar-refractivity contribution in [3.05, 3.63) is 46.5 Å². The van der Waals surface area contributed by atoms with Crippen LogP contribution in [0.2, 0.25) is 5.02 Å². The lowest BCUT2D eigenvalue weighted by Crippen LogP contribution is -1.98. The van der Waals surface area contributed by atoms with Gasteiger partial charge >= 0.3 is 5.97 Å². The second-order valence-corrected chi connectivity index (χ2v) is 4.13. The monoisotopic (exact) mass is 272 g/mol. The zero-order valence-corrected chi connectivity index (χ0v) is 10.3. The van der Waals surface area contributed by atoms with Crippen LogP contribution >= 0.6 is 23.2 Å². The van der Waals surface area contributed by atoms with Crippen LogP contribution in [-0.4, -0.2) is 17.7 Å². The lowest BCUT2D eigenvalue weighted by atomic mass is 10.2. The van der Waals surface area contributed by atoms with Gasteiger partial charge in [0.05, 0.1) is 0 Å². The van der Waals surface area contributed by atoms with E-state index in [9.17, 15) is 4.79 Å². The Kier molecular flexibility index (Phi) is 5.07. The smallest absolute Gasteiger partial charge is 0.328 e. The third-order valence-electron chi connectivity index (χ3n) is 1.76. The molecular formula is C12H10Cl2O3. The van der Waals surface area contributed by atoms with Crippen molar-refractivity contribution in [1.82, 2.24) is 0 Å². The molecule has 5 heteroatoms. The van der Waals surface area contributed by atoms with Crippen LogP contribution in [0.3, 0.4) is 0 Å². The molecule has 0 aliphatic rings. The molecule has 1 aromatic carbocycles. The highest BCUT2D eigenvalue weighted by molar-refractivity contribution is 6.30. The Bertz CT molecular complexity index is 467. The topological polar surface area (TPSA) is 46.5 Å². The fourth-order valence-electron chi connectivity index (χ4n) is 1.10. The van der Waals surface area contributed by atoms with Crippen molar-refractivity contribution >= 4 is 35.2 Å². The first-order valence-corrected chi connectivity index (χ1v) is 5.41. The molecule has 0 saturated heterocycles. The Morgan fingerprint density at radius 3 is 2.82 bits per heavy atom. The number of ether oxygens (including phenoxy) is 1. The molecule has 3 nitrogen and oxygen atoms in total. The summed E-state index contributed by atoms with van der Waals surface area (Å²) in [6.45, 7) is 3.64. The van der Waals surface area contributed by atoms with E-state index in [-0.39, 0.29) is 6.61 Å². The maximum absolute atomic E-state index is 10.4. The summed E-state index contributed by atoms with van der Waals surface area (Å²) in [5.41, 5.74) is 0.567. The molecule has 90 valence electrons. The first kappa shape index (κ1) is 13.6. The lowest BCUT2D eigenvalue weighted by Gasteiger charge is -2.08. The number of carbonyl (C=O) groups is 1. The van der Waals surface area contributed by atoms with E-state index in [0.29, 0.717) is 21.4 Å². The Hall–Kier alpha value is -1.45. The number of benzene rings is 1. The number of rotatable bonds is 5. The van der Waals surface area contributed by atoms with E-state index in [1.807, 2.05) is 0 Å². The summed E-state index contributed by atoms with van der Waals surface area (Å²) >= 11 is 11.4. The Balaban J connectivity index is 2.95. The van der Waals surface area contributed by atoms with Gasteiger partial charge in [0.2, 0.25) is 0 Å². The van der Waals surface area contributed by atoms with Gasteiger partial charge in [-0.05, 0) is 24.3 Å². The number of halogens is 2. The van der Waals surface area contributed by atoms with Crippen molar-refractivity contribution in [3.63, 3.8) is 0 Å². The van der Waals surface area contributed by atoms with E-state index >= 15 is 0 Å². The first-order chi connectivity index (χ1) is 7.99. The number of aliphatic carboxylic acids is 1. The minimum atomic E-state index is -1.04. The van der Waals surface area contributed by atoms with Crippen LogP contribution in [0.25, 0.3) is 6.08 Å². The normalized spacial score (nSPS) is 10.5. The highest BCUT2D eigenvalue weighted by Crippen LogP contribution is 2.24. The van der Waals surface area contributed by atoms with E-state index in [4.69, 9.17) is 33.0 Å². The van der Waals surface area contributed by atoms with Crippen LogP contribution in [0.4, 0.5) is 0 Å². The van der Waals surface area contributed by atoms with Crippen molar-refractivity contribution < 1.29 is 14.6 Å². The highest BCUT2D eigenvalue weighted by Gasteiger charge is 2.03. The molecule has 0 aliphatic heterocycles. The van der Waals surface area contributed by atoms with Crippen molar-refractivity contribution in [2.75, 3.05) is 6.61 Å². The highest BCUT2D eigenvalue weighted by atomic mass is 35.5. The van der Waals surface area contributed by atoms with Crippen molar-refractivity contribution in [1.29, 1.82) is 0 Å². The molecule has 1 rings (SSSR count). The molecule has 0 atom stereocenters. The molecule has 0 fully saturated rings. The van der Waals surface area contributed by atoms with Gasteiger partial charge in [-0.1, -0.05) is 29.8 Å². The predicted octanol–water partition coefficient (Wildman–Crippen LogP) is 3.57. The van der Waals surface area contributed by atoms with E-state index < -0.39 is 5.97 Å². The largest absolute Gasteiger partial charge is 0.487 e. The number of carboxylic acids is 1. The molecule has 0 aromatic heterocycles. The van der Waals surface area contributed by atoms with Crippen LogP contribution in [0.15, 0.2) is 35.9 Å². The predicted molar refractivity (Wildman–Crippen MR) is 68.6 cm³/mol. The van der Waals surface area contributed by atoms with Crippen LogP contribution in [0.5, 0.6) is 5.75 Å². The Morgan fingerprint density at radius 1 is 1.53 bits per heavy atom. The summed E-state index contributed by atoms with van der Waals surface area (Å²) in [6, 6.07) is 4.89. The fourth-order valence-corrected chi connectivity index (χ4v) is 1.33. The van der Waals surface area contributed by atoms with Gasteiger partial charge < -0.3 is 9.84 Å². The zero-order valence-electron chi connectivity index (χ0n) is 8.82. The van der Waals surface area contributed by atoms with Crippen molar-refractivity contribution in [2.45, 2.75) is 0 Å². The summed E-state index contributed by atoms with van der Waals surface area (Å²) in [7, 11) is 0. The van der Waals surface area contributed by atoms with Gasteiger partial charge in [-0.25, -0.2) is 4.79 Å². The maximum Gasteiger partial charge on any atom is 0.328 e. The van der Waals surface area contributed by atoms with Crippen LogP contribution in [0.1, 0.15) is 5.56 Å². The fraction of sp³-hybridized carbons (Fsp3) is 0.0833. The van der Waals surface area contributed by atoms with Crippen LogP contribution in [-0.2, 0) is 4.79 Å². The van der Waals surface area contributed by atoms with Gasteiger partial charge in [-0.15, -0.1) is 0 Å². The lowest BCUT2D eigenvalue weighted by molar-refractivity contribution is -0.131. The van der Waals surface area contributed by atoms with E-state index in [2.05, 4.69) is 6.58 Å². The first-order valence-electron chi connectivity index (χ1n) is 4.65. The molecule has 0 saturated carbocycles. The summed E-state index contributed by atoms with van der Waals surface area (Å²) in [4.78, 5) is 10.4. The Labute approximate surface area is 109 Å². The zero-order chi connectivity index (χ0) is 12.8. The molecule has 0 aliphatic carbocycles. The molecule has 1 N–H and O–H groups in total. The van der Waals surface area contributed by atoms with E-state index in [1.165, 1.54) is 6.08 Å². The quantitative estimate of drug-likeness (QED) is 0.834. The van der Waals surface area contributed by atoms with E-state index in [1.54, 1.807) is 18.2 Å². The minimum Gasteiger partial charge on any atom is -0.487 e. The van der Waals surface area contributed by atoms with Gasteiger partial charge in [0.25, 0.3) is 0 Å². The van der Waals surface area contributed by atoms with Crippen LogP contribution in [0, 0.1) is 0 Å². The van der Waals surface area contributed by atoms with Gasteiger partial charge in [0.1, 0.15) is 12.4 Å². The SMILES string of the molecule is C=C(Cl)COc1ccc(Cl)cc1/C=C/C(=O)O. The summed E-state index contributed by atoms with van der Waals surface area (Å²) in [6.07, 6.45) is 2.41. The molecule has 0 spiro atoms. The average Bonchev–Trinajstić information content (AvgIpc) is 2.24. The standard InChI is InChI=1S/C12H10Cl2O3/c1-8(13)7-17-11-4-3-10(14)6-9(11)2-5-12(15)16/h2-6H,1,7H2,(H,15,16)/b5-2+. The van der Waals surface area contributed by atoms with Gasteiger partial charge in [0.15, 0.2) is 0 Å². The Morgan fingerprint density at radius 2 is 2.24 bits per heavy atom. The molecule has 0 amide bonds. The van der Waals surface area contributed by atoms with E-state index in [0.717, 1.165) is 6.08 Å². The van der Waals surface area contributed by atoms with Gasteiger partial charge in [-0.2, -0.15) is 0 Å². The molecule has 0 heterocycles. The molecule has 17 heavy (non-hydrogen) atoms. The second kappa shape index (κ2) is 6.33. The molecule has 0 unspecified atom stereocenters. The third kappa shape index (κ3) is 4.93.